The van der Waals surface area contributed by atoms with Gasteiger partial charge in [-0.2, -0.15) is 0 Å². The van der Waals surface area contributed by atoms with Crippen molar-refractivity contribution in [2.45, 2.75) is 19.4 Å². The molecular weight excluding hydrogens is 272 g/mol. The number of rotatable bonds is 5. The van der Waals surface area contributed by atoms with Crippen molar-refractivity contribution in [3.63, 3.8) is 0 Å². The Morgan fingerprint density at radius 3 is 2.90 bits per heavy atom. The third-order valence-corrected chi connectivity index (χ3v) is 3.73. The van der Waals surface area contributed by atoms with Crippen LogP contribution < -0.4 is 15.5 Å². The Morgan fingerprint density at radius 1 is 1.57 bits per heavy atom. The molecule has 1 heterocycles. The molecule has 1 saturated heterocycles. The number of nitro groups is 1. The summed E-state index contributed by atoms with van der Waals surface area (Å²) in [6, 6.07) is 4.70. The monoisotopic (exact) mass is 292 g/mol. The number of nitro benzene ring substituents is 1. The van der Waals surface area contributed by atoms with Gasteiger partial charge in [-0.3, -0.25) is 14.9 Å². The van der Waals surface area contributed by atoms with E-state index in [1.54, 1.807) is 6.07 Å². The normalized spacial score (nSPS) is 17.5. The van der Waals surface area contributed by atoms with Gasteiger partial charge in [-0.1, -0.05) is 0 Å². The van der Waals surface area contributed by atoms with Gasteiger partial charge in [0.15, 0.2) is 0 Å². The van der Waals surface area contributed by atoms with Crippen LogP contribution >= 0.6 is 0 Å². The molecule has 7 nitrogen and oxygen atoms in total. The molecular formula is C14H20N4O3. The van der Waals surface area contributed by atoms with E-state index in [0.717, 1.165) is 19.5 Å². The lowest BCUT2D eigenvalue weighted by atomic mass is 10.1. The van der Waals surface area contributed by atoms with Gasteiger partial charge in [0, 0.05) is 37.8 Å². The number of nitrogens with zero attached hydrogens (tertiary/aromatic N) is 2. The summed E-state index contributed by atoms with van der Waals surface area (Å²) in [6.45, 7) is 4.05. The highest BCUT2D eigenvalue weighted by atomic mass is 16.6. The van der Waals surface area contributed by atoms with Crippen LogP contribution in [0.5, 0.6) is 0 Å². The molecule has 1 aliphatic rings. The third kappa shape index (κ3) is 3.30. The molecule has 1 aromatic rings. The summed E-state index contributed by atoms with van der Waals surface area (Å²) in [5, 5.41) is 17.2. The Hall–Kier alpha value is -2.15. The molecule has 1 fully saturated rings. The average molecular weight is 292 g/mol. The molecule has 1 amide bonds. The molecule has 0 saturated carbocycles. The predicted molar refractivity (Wildman–Crippen MR) is 80.8 cm³/mol. The molecule has 0 aliphatic carbocycles. The SMILES string of the molecule is CCNC(=O)c1ccc([N+](=O)[O-])c(N(C)C2CCNC2)c1. The van der Waals surface area contributed by atoms with Crippen LogP contribution in [0.15, 0.2) is 18.2 Å². The minimum atomic E-state index is -0.407. The fraction of sp³-hybridized carbons (Fsp3) is 0.500. The van der Waals surface area contributed by atoms with E-state index in [-0.39, 0.29) is 17.6 Å². The molecule has 0 radical (unpaired) electrons. The zero-order chi connectivity index (χ0) is 15.4. The number of hydrogen-bond acceptors (Lipinski definition) is 5. The summed E-state index contributed by atoms with van der Waals surface area (Å²) in [7, 11) is 1.83. The van der Waals surface area contributed by atoms with Gasteiger partial charge in [-0.05, 0) is 32.0 Å². The minimum Gasteiger partial charge on any atom is -0.365 e. The van der Waals surface area contributed by atoms with Crippen LogP contribution in [0.2, 0.25) is 0 Å². The number of likely N-dealkylation sites (N-methyl/N-ethyl adjacent to an activating group) is 1. The molecule has 1 aromatic carbocycles. The molecule has 7 heteroatoms. The number of carbonyl (C=O) groups is 1. The van der Waals surface area contributed by atoms with Gasteiger partial charge in [0.25, 0.3) is 11.6 Å². The number of hydrogen-bond donors (Lipinski definition) is 2. The fourth-order valence-electron chi connectivity index (χ4n) is 2.53. The van der Waals surface area contributed by atoms with Crippen LogP contribution in [0.3, 0.4) is 0 Å². The number of anilines is 1. The molecule has 21 heavy (non-hydrogen) atoms. The second kappa shape index (κ2) is 6.53. The van der Waals surface area contributed by atoms with Gasteiger partial charge < -0.3 is 15.5 Å². The fourth-order valence-corrected chi connectivity index (χ4v) is 2.53. The number of benzene rings is 1. The van der Waals surface area contributed by atoms with E-state index in [2.05, 4.69) is 10.6 Å². The van der Waals surface area contributed by atoms with Gasteiger partial charge in [0.1, 0.15) is 5.69 Å². The zero-order valence-corrected chi connectivity index (χ0v) is 12.3. The van der Waals surface area contributed by atoms with Crippen LogP contribution in [0.4, 0.5) is 11.4 Å². The van der Waals surface area contributed by atoms with Gasteiger partial charge >= 0.3 is 0 Å². The summed E-state index contributed by atoms with van der Waals surface area (Å²) in [6.07, 6.45) is 0.930. The largest absolute Gasteiger partial charge is 0.365 e. The summed E-state index contributed by atoms with van der Waals surface area (Å²) < 4.78 is 0. The molecule has 0 bridgehead atoms. The smallest absolute Gasteiger partial charge is 0.292 e. The second-order valence-electron chi connectivity index (χ2n) is 5.08. The van der Waals surface area contributed by atoms with Crippen LogP contribution in [0.1, 0.15) is 23.7 Å². The molecule has 0 spiro atoms. The molecule has 1 unspecified atom stereocenters. The first kappa shape index (κ1) is 15.2. The summed E-state index contributed by atoms with van der Waals surface area (Å²) in [4.78, 5) is 24.6. The summed E-state index contributed by atoms with van der Waals surface area (Å²) >= 11 is 0. The van der Waals surface area contributed by atoms with Crippen molar-refractivity contribution in [2.75, 3.05) is 31.6 Å². The van der Waals surface area contributed by atoms with E-state index in [4.69, 9.17) is 0 Å². The average Bonchev–Trinajstić information content (AvgIpc) is 3.00. The van der Waals surface area contributed by atoms with Crippen molar-refractivity contribution in [2.24, 2.45) is 0 Å². The van der Waals surface area contributed by atoms with Gasteiger partial charge in [0.05, 0.1) is 4.92 Å². The lowest BCUT2D eigenvalue weighted by Crippen LogP contribution is -2.34. The van der Waals surface area contributed by atoms with Gasteiger partial charge in [-0.25, -0.2) is 0 Å². The highest BCUT2D eigenvalue weighted by Crippen LogP contribution is 2.30. The minimum absolute atomic E-state index is 0.0254. The number of carbonyl (C=O) groups excluding carboxylic acids is 1. The van der Waals surface area contributed by atoms with E-state index >= 15 is 0 Å². The lowest BCUT2D eigenvalue weighted by Gasteiger charge is -2.26. The van der Waals surface area contributed by atoms with E-state index < -0.39 is 4.92 Å². The summed E-state index contributed by atoms with van der Waals surface area (Å²) in [5.41, 5.74) is 0.949. The van der Waals surface area contributed by atoms with Crippen molar-refractivity contribution in [1.29, 1.82) is 0 Å². The number of amides is 1. The predicted octanol–water partition coefficient (Wildman–Crippen LogP) is 1.14. The quantitative estimate of drug-likeness (QED) is 0.628. The lowest BCUT2D eigenvalue weighted by molar-refractivity contribution is -0.384. The summed E-state index contributed by atoms with van der Waals surface area (Å²) in [5.74, 6) is -0.216. The van der Waals surface area contributed by atoms with Crippen molar-refractivity contribution >= 4 is 17.3 Å². The zero-order valence-electron chi connectivity index (χ0n) is 12.3. The molecule has 1 atom stereocenters. The van der Waals surface area contributed by atoms with Crippen LogP contribution in [-0.2, 0) is 0 Å². The van der Waals surface area contributed by atoms with Crippen LogP contribution in [-0.4, -0.2) is 43.6 Å². The van der Waals surface area contributed by atoms with Crippen LogP contribution in [0, 0.1) is 10.1 Å². The molecule has 0 aromatic heterocycles. The molecule has 2 N–H and O–H groups in total. The van der Waals surface area contributed by atoms with Crippen LogP contribution in [0.25, 0.3) is 0 Å². The first-order valence-electron chi connectivity index (χ1n) is 7.04. The maximum atomic E-state index is 11.9. The van der Waals surface area contributed by atoms with E-state index in [1.165, 1.54) is 12.1 Å². The number of nitrogens with one attached hydrogen (secondary N) is 2. The Kier molecular flexibility index (Phi) is 4.74. The van der Waals surface area contributed by atoms with Gasteiger partial charge in [0.2, 0.25) is 0 Å². The van der Waals surface area contributed by atoms with E-state index in [1.807, 2.05) is 18.9 Å². The van der Waals surface area contributed by atoms with E-state index in [9.17, 15) is 14.9 Å². The van der Waals surface area contributed by atoms with Crippen molar-refractivity contribution in [3.8, 4) is 0 Å². The first-order valence-corrected chi connectivity index (χ1v) is 7.04. The topological polar surface area (TPSA) is 87.5 Å². The Bertz CT molecular complexity index is 541. The maximum Gasteiger partial charge on any atom is 0.292 e. The third-order valence-electron chi connectivity index (χ3n) is 3.73. The van der Waals surface area contributed by atoms with Gasteiger partial charge in [-0.15, -0.1) is 0 Å². The molecule has 114 valence electrons. The Labute approximate surface area is 123 Å². The van der Waals surface area contributed by atoms with Crippen molar-refractivity contribution in [1.82, 2.24) is 10.6 Å². The van der Waals surface area contributed by atoms with Crippen molar-refractivity contribution in [3.05, 3.63) is 33.9 Å². The highest BCUT2D eigenvalue weighted by molar-refractivity contribution is 5.96. The second-order valence-corrected chi connectivity index (χ2v) is 5.08. The standard InChI is InChI=1S/C14H20N4O3/c1-3-16-14(19)10-4-5-12(18(20)21)13(8-10)17(2)11-6-7-15-9-11/h4-5,8,11,15H,3,6-7,9H2,1-2H3,(H,16,19). The highest BCUT2D eigenvalue weighted by Gasteiger charge is 2.26. The first-order chi connectivity index (χ1) is 10.0. The molecule has 2 rings (SSSR count). The maximum absolute atomic E-state index is 11.9. The Balaban J connectivity index is 2.36. The Morgan fingerprint density at radius 2 is 2.33 bits per heavy atom. The van der Waals surface area contributed by atoms with Crippen molar-refractivity contribution < 1.29 is 9.72 Å². The molecule has 1 aliphatic heterocycles. The van der Waals surface area contributed by atoms with E-state index in [0.29, 0.717) is 17.8 Å².